The number of hydrogen-bond donors (Lipinski definition) is 1. The normalized spacial score (nSPS) is 11.9. The third kappa shape index (κ3) is 5.06. The van der Waals surface area contributed by atoms with Crippen LogP contribution in [0.5, 0.6) is 0 Å². The summed E-state index contributed by atoms with van der Waals surface area (Å²) in [5, 5.41) is 3.39. The van der Waals surface area contributed by atoms with E-state index in [9.17, 15) is 9.00 Å². The number of rotatable bonds is 6. The third-order valence-electron chi connectivity index (χ3n) is 3.58. The van der Waals surface area contributed by atoms with Crippen LogP contribution in [0.2, 0.25) is 5.02 Å². The topological polar surface area (TPSA) is 59.3 Å². The molecule has 0 aliphatic heterocycles. The lowest BCUT2D eigenvalue weighted by molar-refractivity contribution is 0.0921. The van der Waals surface area contributed by atoms with Crippen LogP contribution in [-0.4, -0.2) is 10.1 Å². The molecule has 1 heterocycles. The Balaban J connectivity index is 1.59. The quantitative estimate of drug-likeness (QED) is 0.577. The number of carbonyl (C=O) groups excluding carboxylic acids is 1. The predicted molar refractivity (Wildman–Crippen MR) is 106 cm³/mol. The van der Waals surface area contributed by atoms with E-state index < -0.39 is 10.8 Å². The van der Waals surface area contributed by atoms with Gasteiger partial charge in [-0.25, -0.2) is 0 Å². The van der Waals surface area contributed by atoms with Crippen molar-refractivity contribution in [2.75, 3.05) is 0 Å². The number of halogens is 2. The van der Waals surface area contributed by atoms with Crippen LogP contribution in [0.25, 0.3) is 0 Å². The van der Waals surface area contributed by atoms with Crippen molar-refractivity contribution >= 4 is 44.2 Å². The summed E-state index contributed by atoms with van der Waals surface area (Å²) in [4.78, 5) is 12.9. The van der Waals surface area contributed by atoms with Gasteiger partial charge in [0.15, 0.2) is 5.76 Å². The summed E-state index contributed by atoms with van der Waals surface area (Å²) < 4.78 is 18.8. The third-order valence-corrected chi connectivity index (χ3v) is 5.69. The van der Waals surface area contributed by atoms with Crippen molar-refractivity contribution < 1.29 is 13.4 Å². The zero-order chi connectivity index (χ0) is 18.5. The molecule has 1 N–H and O–H groups in total. The molecule has 4 nitrogen and oxygen atoms in total. The number of furan rings is 1. The van der Waals surface area contributed by atoms with Crippen molar-refractivity contribution in [1.29, 1.82) is 0 Å². The Morgan fingerprint density at radius 2 is 1.88 bits per heavy atom. The lowest BCUT2D eigenvalue weighted by Crippen LogP contribution is -2.22. The molecule has 1 aromatic heterocycles. The van der Waals surface area contributed by atoms with Crippen LogP contribution in [0.1, 0.15) is 21.9 Å². The van der Waals surface area contributed by atoms with Gasteiger partial charge in [0, 0.05) is 20.9 Å². The zero-order valence-electron chi connectivity index (χ0n) is 13.6. The molecule has 0 bridgehead atoms. The molecule has 0 unspecified atom stereocenters. The molecule has 0 spiro atoms. The molecule has 0 aliphatic carbocycles. The summed E-state index contributed by atoms with van der Waals surface area (Å²) in [6.07, 6.45) is 0. The number of benzene rings is 2. The molecular weight excluding hydrogens is 438 g/mol. The molecule has 0 radical (unpaired) electrons. The smallest absolute Gasteiger partial charge is 0.287 e. The van der Waals surface area contributed by atoms with Crippen LogP contribution in [0, 0.1) is 0 Å². The molecule has 2 aromatic carbocycles. The van der Waals surface area contributed by atoms with Crippen molar-refractivity contribution in [2.24, 2.45) is 0 Å². The van der Waals surface area contributed by atoms with E-state index in [1.54, 1.807) is 36.4 Å². The van der Waals surface area contributed by atoms with Crippen molar-refractivity contribution in [3.8, 4) is 0 Å². The minimum absolute atomic E-state index is 0.190. The second-order valence-corrected chi connectivity index (χ2v) is 8.33. The van der Waals surface area contributed by atoms with Gasteiger partial charge in [-0.05, 0) is 54.1 Å². The van der Waals surface area contributed by atoms with E-state index in [-0.39, 0.29) is 17.4 Å². The van der Waals surface area contributed by atoms with E-state index in [0.29, 0.717) is 22.2 Å². The zero-order valence-corrected chi connectivity index (χ0v) is 16.7. The number of amides is 1. The highest BCUT2D eigenvalue weighted by atomic mass is 79.9. The molecule has 1 atom stereocenters. The number of nitrogens with one attached hydrogen (secondary N) is 1. The summed E-state index contributed by atoms with van der Waals surface area (Å²) in [6.45, 7) is 0.347. The molecule has 26 heavy (non-hydrogen) atoms. The molecule has 7 heteroatoms. The highest BCUT2D eigenvalue weighted by Crippen LogP contribution is 2.18. The molecule has 134 valence electrons. The Labute approximate surface area is 167 Å². The minimum atomic E-state index is -1.24. The van der Waals surface area contributed by atoms with E-state index in [2.05, 4.69) is 21.2 Å². The SMILES string of the molecule is O=C(NCc1cccc(Cl)c1)c1ccc(C[S@](=O)c2ccc(Br)cc2)o1. The average molecular weight is 453 g/mol. The van der Waals surface area contributed by atoms with Crippen LogP contribution >= 0.6 is 27.5 Å². The Morgan fingerprint density at radius 1 is 1.12 bits per heavy atom. The Hall–Kier alpha value is -1.89. The van der Waals surface area contributed by atoms with Gasteiger partial charge in [0.05, 0.1) is 16.6 Å². The Kier molecular flexibility index (Phi) is 6.29. The van der Waals surface area contributed by atoms with E-state index in [1.165, 1.54) is 0 Å². The molecule has 3 rings (SSSR count). The molecule has 0 saturated heterocycles. The summed E-state index contributed by atoms with van der Waals surface area (Å²) >= 11 is 9.27. The van der Waals surface area contributed by atoms with Crippen molar-refractivity contribution in [2.45, 2.75) is 17.2 Å². The first-order valence-corrected chi connectivity index (χ1v) is 10.3. The molecule has 3 aromatic rings. The maximum Gasteiger partial charge on any atom is 0.287 e. The average Bonchev–Trinajstić information content (AvgIpc) is 3.09. The van der Waals surface area contributed by atoms with Crippen molar-refractivity contribution in [3.05, 3.63) is 87.2 Å². The van der Waals surface area contributed by atoms with Crippen LogP contribution in [0.3, 0.4) is 0 Å². The van der Waals surface area contributed by atoms with Crippen LogP contribution in [0.15, 0.2) is 74.4 Å². The van der Waals surface area contributed by atoms with Gasteiger partial charge < -0.3 is 9.73 Å². The van der Waals surface area contributed by atoms with Crippen LogP contribution in [0.4, 0.5) is 0 Å². The highest BCUT2D eigenvalue weighted by molar-refractivity contribution is 9.10. The van der Waals surface area contributed by atoms with Gasteiger partial charge in [-0.1, -0.05) is 39.7 Å². The maximum absolute atomic E-state index is 12.4. The molecule has 0 fully saturated rings. The lowest BCUT2D eigenvalue weighted by atomic mass is 10.2. The van der Waals surface area contributed by atoms with Gasteiger partial charge in [-0.3, -0.25) is 9.00 Å². The summed E-state index contributed by atoms with van der Waals surface area (Å²) in [6, 6.07) is 17.8. The largest absolute Gasteiger partial charge is 0.455 e. The first kappa shape index (κ1) is 18.9. The van der Waals surface area contributed by atoms with E-state index in [0.717, 1.165) is 10.0 Å². The summed E-state index contributed by atoms with van der Waals surface area (Å²) in [5.74, 6) is 0.572. The first-order chi connectivity index (χ1) is 12.5. The Morgan fingerprint density at radius 3 is 2.62 bits per heavy atom. The molecule has 1 amide bonds. The van der Waals surface area contributed by atoms with E-state index >= 15 is 0 Å². The van der Waals surface area contributed by atoms with Gasteiger partial charge in [0.25, 0.3) is 5.91 Å². The fourth-order valence-electron chi connectivity index (χ4n) is 2.29. The number of carbonyl (C=O) groups is 1. The van der Waals surface area contributed by atoms with E-state index in [1.807, 2.05) is 24.3 Å². The monoisotopic (exact) mass is 451 g/mol. The number of hydrogen-bond acceptors (Lipinski definition) is 3. The second kappa shape index (κ2) is 8.66. The molecular formula is C19H15BrClNO3S. The fraction of sp³-hybridized carbons (Fsp3) is 0.105. The molecule has 0 aliphatic rings. The van der Waals surface area contributed by atoms with Gasteiger partial charge in [0.1, 0.15) is 5.76 Å². The Bertz CT molecular complexity index is 940. The highest BCUT2D eigenvalue weighted by Gasteiger charge is 2.13. The first-order valence-electron chi connectivity index (χ1n) is 7.76. The summed E-state index contributed by atoms with van der Waals surface area (Å²) in [5.41, 5.74) is 0.897. The maximum atomic E-state index is 12.4. The predicted octanol–water partition coefficient (Wildman–Crippen LogP) is 4.93. The standard InChI is InChI=1S/C19H15BrClNO3S/c20-14-4-7-17(8-5-14)26(24)12-16-6-9-18(25-16)19(23)22-11-13-2-1-3-15(21)10-13/h1-10H,11-12H2,(H,22,23)/t26-/m0/s1. The van der Waals surface area contributed by atoms with Crippen molar-refractivity contribution in [3.63, 3.8) is 0 Å². The lowest BCUT2D eigenvalue weighted by Gasteiger charge is -2.04. The fourth-order valence-corrected chi connectivity index (χ4v) is 3.79. The van der Waals surface area contributed by atoms with Gasteiger partial charge in [-0.2, -0.15) is 0 Å². The summed E-state index contributed by atoms with van der Waals surface area (Å²) in [7, 11) is -1.24. The van der Waals surface area contributed by atoms with Crippen LogP contribution < -0.4 is 5.32 Å². The van der Waals surface area contributed by atoms with Gasteiger partial charge in [-0.15, -0.1) is 0 Å². The minimum Gasteiger partial charge on any atom is -0.455 e. The van der Waals surface area contributed by atoms with E-state index in [4.69, 9.17) is 16.0 Å². The molecule has 0 saturated carbocycles. The van der Waals surface area contributed by atoms with Gasteiger partial charge >= 0.3 is 0 Å². The van der Waals surface area contributed by atoms with Gasteiger partial charge in [0.2, 0.25) is 0 Å². The van der Waals surface area contributed by atoms with Crippen LogP contribution in [-0.2, 0) is 23.1 Å². The second-order valence-electron chi connectivity index (χ2n) is 5.52. The van der Waals surface area contributed by atoms with Crippen molar-refractivity contribution in [1.82, 2.24) is 5.32 Å².